The Balaban J connectivity index is 1.26. The second-order valence-corrected chi connectivity index (χ2v) is 12.5. The largest absolute Gasteiger partial charge is 0.458 e. The number of carbonyl (C=O) groups excluding carboxylic acids is 4. The van der Waals surface area contributed by atoms with E-state index in [2.05, 4.69) is 10.1 Å². The summed E-state index contributed by atoms with van der Waals surface area (Å²) < 4.78 is 58.7. The molecule has 3 heterocycles. The number of hydrogen-bond acceptors (Lipinski definition) is 11. The van der Waals surface area contributed by atoms with E-state index in [1.165, 1.54) is 23.1 Å². The van der Waals surface area contributed by atoms with E-state index in [-0.39, 0.29) is 39.3 Å². The number of aliphatic hydroxyl groups is 1. The van der Waals surface area contributed by atoms with Gasteiger partial charge in [0.2, 0.25) is 11.8 Å². The molecular formula is C34H36F3N3O10. The summed E-state index contributed by atoms with van der Waals surface area (Å²) in [4.78, 5) is 61.6. The fourth-order valence-corrected chi connectivity index (χ4v) is 7.10. The Morgan fingerprint density at radius 1 is 1.10 bits per heavy atom. The lowest BCUT2D eigenvalue weighted by Crippen LogP contribution is -2.70. The molecule has 2 aromatic carbocycles. The molecule has 2 N–H and O–H groups in total. The Bertz CT molecular complexity index is 1610. The van der Waals surface area contributed by atoms with Crippen molar-refractivity contribution in [2.24, 2.45) is 5.41 Å². The molecule has 13 nitrogen and oxygen atoms in total. The second-order valence-electron chi connectivity index (χ2n) is 12.5. The number of alkyl halides is 3. The van der Waals surface area contributed by atoms with Gasteiger partial charge in [-0.25, -0.2) is 4.79 Å². The van der Waals surface area contributed by atoms with E-state index in [1.54, 1.807) is 24.3 Å². The molecule has 2 amide bonds. The van der Waals surface area contributed by atoms with Crippen molar-refractivity contribution in [3.63, 3.8) is 0 Å². The minimum Gasteiger partial charge on any atom is -0.458 e. The highest BCUT2D eigenvalue weighted by atomic mass is 19.4. The number of nitrogens with zero attached hydrogens (tertiary/aromatic N) is 2. The summed E-state index contributed by atoms with van der Waals surface area (Å²) in [6, 6.07) is 13.5. The van der Waals surface area contributed by atoms with Gasteiger partial charge in [0.25, 0.3) is 0 Å². The van der Waals surface area contributed by atoms with Gasteiger partial charge in [0.15, 0.2) is 12.6 Å². The molecule has 3 aliphatic heterocycles. The van der Waals surface area contributed by atoms with Crippen LogP contribution in [-0.4, -0.2) is 115 Å². The van der Waals surface area contributed by atoms with Gasteiger partial charge in [-0.2, -0.15) is 18.2 Å². The summed E-state index contributed by atoms with van der Waals surface area (Å²) in [5.74, 6) is -2.83. The minimum atomic E-state index is -4.64. The van der Waals surface area contributed by atoms with E-state index in [0.29, 0.717) is 11.1 Å². The van der Waals surface area contributed by atoms with E-state index in [1.807, 2.05) is 30.3 Å². The average Bonchev–Trinajstić information content (AvgIpc) is 3.73. The quantitative estimate of drug-likeness (QED) is 0.245. The zero-order valence-corrected chi connectivity index (χ0v) is 26.9. The first-order valence-corrected chi connectivity index (χ1v) is 16.0. The Hall–Kier alpha value is -4.35. The van der Waals surface area contributed by atoms with Gasteiger partial charge in [-0.15, -0.1) is 0 Å². The number of rotatable bonds is 12. The molecule has 268 valence electrons. The van der Waals surface area contributed by atoms with Crippen molar-refractivity contribution < 1.29 is 61.2 Å². The topological polar surface area (TPSA) is 153 Å². The lowest BCUT2D eigenvalue weighted by molar-refractivity contribution is -0.204. The molecule has 2 aromatic rings. The number of carbonyl (C=O) groups is 4. The van der Waals surface area contributed by atoms with Crippen molar-refractivity contribution >= 4 is 29.8 Å². The first-order chi connectivity index (χ1) is 23.9. The predicted molar refractivity (Wildman–Crippen MR) is 165 cm³/mol. The molecule has 50 heavy (non-hydrogen) atoms. The van der Waals surface area contributed by atoms with Gasteiger partial charge in [-0.3, -0.25) is 19.2 Å². The van der Waals surface area contributed by atoms with Crippen molar-refractivity contribution in [1.82, 2.24) is 15.3 Å². The SMILES string of the molecule is CN(C(=O)[C@@]12C[C@H]3OC(=O)[C@@H]1N(Cc1ccc(C=CC(=O)OCC(F)(F)F)cc1)O[C@@H]2[C@H]1OCO[C@H]13)[C@H](Cc1ccccc1)C(=O)NCCO. The zero-order chi connectivity index (χ0) is 35.6. The van der Waals surface area contributed by atoms with Crippen LogP contribution in [0.25, 0.3) is 6.08 Å². The Morgan fingerprint density at radius 2 is 1.82 bits per heavy atom. The third-order valence-corrected chi connectivity index (χ3v) is 9.35. The molecule has 3 saturated heterocycles. The number of ether oxygens (including phenoxy) is 4. The van der Waals surface area contributed by atoms with Crippen LogP contribution in [0.15, 0.2) is 60.7 Å². The zero-order valence-electron chi connectivity index (χ0n) is 26.9. The monoisotopic (exact) mass is 703 g/mol. The number of fused-ring (bicyclic) bond motifs is 4. The van der Waals surface area contributed by atoms with Crippen LogP contribution < -0.4 is 5.32 Å². The average molecular weight is 704 g/mol. The second kappa shape index (κ2) is 14.5. The molecule has 2 bridgehead atoms. The normalized spacial score (nSPS) is 27.8. The minimum absolute atomic E-state index is 0.0139. The Morgan fingerprint density at radius 3 is 2.52 bits per heavy atom. The van der Waals surface area contributed by atoms with E-state index in [4.69, 9.17) is 19.0 Å². The van der Waals surface area contributed by atoms with Crippen molar-refractivity contribution in [3.05, 3.63) is 77.4 Å². The van der Waals surface area contributed by atoms with Gasteiger partial charge in [0.1, 0.15) is 42.7 Å². The van der Waals surface area contributed by atoms with Crippen LogP contribution in [0.2, 0.25) is 0 Å². The highest BCUT2D eigenvalue weighted by molar-refractivity contribution is 5.96. The summed E-state index contributed by atoms with van der Waals surface area (Å²) in [5.41, 5.74) is 0.403. The molecule has 16 heteroatoms. The summed E-state index contributed by atoms with van der Waals surface area (Å²) >= 11 is 0. The number of hydrogen-bond donors (Lipinski definition) is 2. The van der Waals surface area contributed by atoms with Gasteiger partial charge >= 0.3 is 18.1 Å². The summed E-state index contributed by atoms with van der Waals surface area (Å²) in [6.45, 7) is -2.08. The summed E-state index contributed by atoms with van der Waals surface area (Å²) in [5, 5.41) is 13.4. The number of likely N-dealkylation sites (N-methyl/N-ethyl adjacent to an activating group) is 1. The number of aliphatic hydroxyl groups excluding tert-OH is 1. The van der Waals surface area contributed by atoms with E-state index in [0.717, 1.165) is 11.6 Å². The fourth-order valence-electron chi connectivity index (χ4n) is 7.10. The summed E-state index contributed by atoms with van der Waals surface area (Å²) in [7, 11) is 1.51. The third-order valence-electron chi connectivity index (χ3n) is 9.35. The van der Waals surface area contributed by atoms with Crippen molar-refractivity contribution in [1.29, 1.82) is 0 Å². The molecule has 7 atom stereocenters. The molecule has 6 rings (SSSR count). The van der Waals surface area contributed by atoms with Crippen molar-refractivity contribution in [3.8, 4) is 0 Å². The van der Waals surface area contributed by atoms with Crippen molar-refractivity contribution in [2.75, 3.05) is 33.6 Å². The number of benzene rings is 2. The van der Waals surface area contributed by atoms with Crippen LogP contribution >= 0.6 is 0 Å². The molecule has 4 aliphatic rings. The van der Waals surface area contributed by atoms with Gasteiger partial charge < -0.3 is 34.3 Å². The van der Waals surface area contributed by atoms with E-state index >= 15 is 0 Å². The van der Waals surface area contributed by atoms with Crippen LogP contribution in [0.4, 0.5) is 13.2 Å². The fraction of sp³-hybridized carbons (Fsp3) is 0.471. The number of hydroxylamine groups is 2. The maximum atomic E-state index is 14.9. The van der Waals surface area contributed by atoms with Crippen LogP contribution in [0.1, 0.15) is 23.1 Å². The van der Waals surface area contributed by atoms with Crippen LogP contribution in [0.3, 0.4) is 0 Å². The third kappa shape index (κ3) is 7.11. The smallest absolute Gasteiger partial charge is 0.422 e. The first kappa shape index (κ1) is 35.5. The molecule has 0 spiro atoms. The highest BCUT2D eigenvalue weighted by Crippen LogP contribution is 2.56. The number of amides is 2. The lowest BCUT2D eigenvalue weighted by Gasteiger charge is -2.50. The number of esters is 2. The van der Waals surface area contributed by atoms with Gasteiger partial charge in [0, 0.05) is 32.5 Å². The number of nitrogens with one attached hydrogen (secondary N) is 1. The van der Waals surface area contributed by atoms with Gasteiger partial charge in [-0.05, 0) is 22.8 Å². The first-order valence-electron chi connectivity index (χ1n) is 16.0. The molecule has 0 aromatic heterocycles. The van der Waals surface area contributed by atoms with E-state index < -0.39 is 78.5 Å². The van der Waals surface area contributed by atoms with Gasteiger partial charge in [-0.1, -0.05) is 54.6 Å². The van der Waals surface area contributed by atoms with Crippen LogP contribution in [0.5, 0.6) is 0 Å². The maximum absolute atomic E-state index is 14.9. The Kier molecular flexibility index (Phi) is 10.3. The highest BCUT2D eigenvalue weighted by Gasteiger charge is 2.75. The van der Waals surface area contributed by atoms with Crippen LogP contribution in [-0.2, 0) is 55.9 Å². The number of halogens is 3. The molecule has 0 radical (unpaired) electrons. The maximum Gasteiger partial charge on any atom is 0.422 e. The molecule has 0 unspecified atom stereocenters. The summed E-state index contributed by atoms with van der Waals surface area (Å²) in [6.07, 6.45) is -5.43. The van der Waals surface area contributed by atoms with Crippen LogP contribution in [0, 0.1) is 5.41 Å². The van der Waals surface area contributed by atoms with E-state index in [9.17, 15) is 37.5 Å². The van der Waals surface area contributed by atoms with Gasteiger partial charge in [0.05, 0.1) is 13.2 Å². The molecule has 1 aliphatic carbocycles. The molecule has 4 fully saturated rings. The Labute approximate surface area is 284 Å². The lowest BCUT2D eigenvalue weighted by atomic mass is 9.62. The van der Waals surface area contributed by atoms with Crippen molar-refractivity contribution in [2.45, 2.75) is 62.1 Å². The molecular weight excluding hydrogens is 667 g/mol. The molecule has 1 saturated carbocycles. The standard InChI is InChI=1S/C34H36F3N3O10/c1-39(23(30(43)38-13-14-41)15-21-5-3-2-4-6-21)32(45)33-16-24-26-27(48-19-47-26)29(33)50-40(28(33)31(44)49-24)17-22-9-7-20(8-10-22)11-12-25(42)46-18-34(35,36)37/h2-12,23-24,26-29,41H,13-19H2,1H3,(H,38,43)/t23-,24-,26+,27+,28+,29-,33+/m1/s1. The predicted octanol–water partition coefficient (Wildman–Crippen LogP) is 1.52.